The highest BCUT2D eigenvalue weighted by molar-refractivity contribution is 7.08. The van der Waals surface area contributed by atoms with Crippen LogP contribution < -0.4 is 10.6 Å². The summed E-state index contributed by atoms with van der Waals surface area (Å²) in [5, 5.41) is 9.35. The van der Waals surface area contributed by atoms with Crippen LogP contribution in [0, 0.1) is 0 Å². The van der Waals surface area contributed by atoms with Gasteiger partial charge in [-0.1, -0.05) is 29.6 Å². The SMILES string of the molecule is C=CCNC(=O)c1ccccc1NC(=O)c1snnc1CC. The number of aromatic nitrogens is 2. The van der Waals surface area contributed by atoms with Crippen molar-refractivity contribution in [2.45, 2.75) is 13.3 Å². The van der Waals surface area contributed by atoms with Crippen LogP contribution in [0.1, 0.15) is 32.6 Å². The largest absolute Gasteiger partial charge is 0.349 e. The second-order valence-corrected chi connectivity index (χ2v) is 5.15. The van der Waals surface area contributed by atoms with Crippen molar-refractivity contribution in [2.75, 3.05) is 11.9 Å². The first-order valence-electron chi connectivity index (χ1n) is 6.78. The minimum atomic E-state index is -0.309. The van der Waals surface area contributed by atoms with E-state index in [1.54, 1.807) is 30.3 Å². The van der Waals surface area contributed by atoms with Crippen molar-refractivity contribution in [2.24, 2.45) is 0 Å². The summed E-state index contributed by atoms with van der Waals surface area (Å²) in [7, 11) is 0. The summed E-state index contributed by atoms with van der Waals surface area (Å²) in [4.78, 5) is 24.9. The maximum Gasteiger partial charge on any atom is 0.269 e. The number of amides is 2. The van der Waals surface area contributed by atoms with Gasteiger partial charge in [-0.2, -0.15) is 0 Å². The Morgan fingerprint density at radius 2 is 2.09 bits per heavy atom. The molecule has 0 saturated heterocycles. The van der Waals surface area contributed by atoms with Gasteiger partial charge in [0.2, 0.25) is 0 Å². The molecule has 0 aliphatic carbocycles. The molecule has 2 aromatic rings. The molecule has 0 atom stereocenters. The number of anilines is 1. The van der Waals surface area contributed by atoms with Gasteiger partial charge in [0.15, 0.2) is 0 Å². The summed E-state index contributed by atoms with van der Waals surface area (Å²) in [6.07, 6.45) is 2.22. The van der Waals surface area contributed by atoms with E-state index in [-0.39, 0.29) is 11.8 Å². The van der Waals surface area contributed by atoms with Gasteiger partial charge < -0.3 is 10.6 Å². The summed E-state index contributed by atoms with van der Waals surface area (Å²) in [6, 6.07) is 6.83. The number of para-hydroxylation sites is 1. The van der Waals surface area contributed by atoms with Crippen molar-refractivity contribution >= 4 is 29.0 Å². The van der Waals surface area contributed by atoms with Crippen molar-refractivity contribution in [3.63, 3.8) is 0 Å². The number of carbonyl (C=O) groups is 2. The third kappa shape index (κ3) is 3.56. The Hall–Kier alpha value is -2.54. The standard InChI is InChI=1S/C15H16N4O2S/c1-3-9-16-14(20)10-7-5-6-8-12(10)17-15(21)13-11(4-2)18-19-22-13/h3,5-8H,1,4,9H2,2H3,(H,16,20)(H,17,21). The highest BCUT2D eigenvalue weighted by Gasteiger charge is 2.18. The average Bonchev–Trinajstić information content (AvgIpc) is 3.01. The van der Waals surface area contributed by atoms with Crippen molar-refractivity contribution in [3.05, 3.63) is 53.1 Å². The summed E-state index contributed by atoms with van der Waals surface area (Å²) >= 11 is 1.04. The van der Waals surface area contributed by atoms with Crippen molar-refractivity contribution < 1.29 is 9.59 Å². The molecule has 2 amide bonds. The molecular formula is C15H16N4O2S. The van der Waals surface area contributed by atoms with E-state index in [2.05, 4.69) is 26.8 Å². The third-order valence-electron chi connectivity index (χ3n) is 2.92. The number of aryl methyl sites for hydroxylation is 1. The molecular weight excluding hydrogens is 300 g/mol. The van der Waals surface area contributed by atoms with E-state index in [4.69, 9.17) is 0 Å². The molecule has 1 aromatic heterocycles. The number of carbonyl (C=O) groups excluding carboxylic acids is 2. The van der Waals surface area contributed by atoms with Crippen molar-refractivity contribution in [3.8, 4) is 0 Å². The minimum absolute atomic E-state index is 0.269. The first-order valence-corrected chi connectivity index (χ1v) is 7.55. The lowest BCUT2D eigenvalue weighted by Gasteiger charge is -2.10. The Labute approximate surface area is 132 Å². The van der Waals surface area contributed by atoms with Gasteiger partial charge in [-0.3, -0.25) is 9.59 Å². The first-order chi connectivity index (χ1) is 10.7. The van der Waals surface area contributed by atoms with Gasteiger partial charge >= 0.3 is 0 Å². The third-order valence-corrected chi connectivity index (χ3v) is 3.69. The second-order valence-electron chi connectivity index (χ2n) is 4.40. The number of nitrogens with zero attached hydrogens (tertiary/aromatic N) is 2. The number of nitrogens with one attached hydrogen (secondary N) is 2. The highest BCUT2D eigenvalue weighted by Crippen LogP contribution is 2.18. The van der Waals surface area contributed by atoms with Crippen LogP contribution in [0.25, 0.3) is 0 Å². The average molecular weight is 316 g/mol. The van der Waals surface area contributed by atoms with Gasteiger partial charge in [0, 0.05) is 6.54 Å². The van der Waals surface area contributed by atoms with Crippen LogP contribution in [0.3, 0.4) is 0 Å². The minimum Gasteiger partial charge on any atom is -0.349 e. The van der Waals surface area contributed by atoms with Crippen LogP contribution in [0.5, 0.6) is 0 Å². The van der Waals surface area contributed by atoms with Gasteiger partial charge in [0.1, 0.15) is 4.88 Å². The number of hydrogen-bond donors (Lipinski definition) is 2. The molecule has 114 valence electrons. The zero-order valence-corrected chi connectivity index (χ0v) is 12.9. The second kappa shape index (κ2) is 7.46. The summed E-state index contributed by atoms with van der Waals surface area (Å²) < 4.78 is 3.79. The number of benzene rings is 1. The van der Waals surface area contributed by atoms with E-state index in [0.717, 1.165) is 11.5 Å². The van der Waals surface area contributed by atoms with E-state index < -0.39 is 0 Å². The lowest BCUT2D eigenvalue weighted by molar-refractivity contribution is 0.0959. The molecule has 0 bridgehead atoms. The van der Waals surface area contributed by atoms with E-state index >= 15 is 0 Å². The predicted molar refractivity (Wildman–Crippen MR) is 86.2 cm³/mol. The Balaban J connectivity index is 2.21. The molecule has 6 nitrogen and oxygen atoms in total. The van der Waals surface area contributed by atoms with E-state index in [9.17, 15) is 9.59 Å². The Bertz CT molecular complexity index is 696. The molecule has 0 fully saturated rings. The molecule has 0 saturated carbocycles. The lowest BCUT2D eigenvalue weighted by atomic mass is 10.1. The van der Waals surface area contributed by atoms with Crippen LogP contribution in [0.15, 0.2) is 36.9 Å². The normalized spacial score (nSPS) is 10.0. The van der Waals surface area contributed by atoms with Gasteiger partial charge in [0.05, 0.1) is 16.9 Å². The van der Waals surface area contributed by atoms with Crippen molar-refractivity contribution in [1.29, 1.82) is 0 Å². The van der Waals surface area contributed by atoms with Crippen LogP contribution in [0.2, 0.25) is 0 Å². The maximum absolute atomic E-state index is 12.3. The Morgan fingerprint density at radius 3 is 2.82 bits per heavy atom. The smallest absolute Gasteiger partial charge is 0.269 e. The molecule has 0 spiro atoms. The summed E-state index contributed by atoms with van der Waals surface area (Å²) in [6.45, 7) is 5.82. The maximum atomic E-state index is 12.3. The molecule has 22 heavy (non-hydrogen) atoms. The summed E-state index contributed by atoms with van der Waals surface area (Å²) in [5.41, 5.74) is 1.49. The first kappa shape index (κ1) is 15.8. The molecule has 2 rings (SSSR count). The van der Waals surface area contributed by atoms with Crippen LogP contribution in [-0.2, 0) is 6.42 Å². The van der Waals surface area contributed by atoms with E-state index in [1.807, 2.05) is 6.92 Å². The zero-order valence-electron chi connectivity index (χ0n) is 12.1. The molecule has 1 aromatic carbocycles. The van der Waals surface area contributed by atoms with Gasteiger partial charge in [-0.05, 0) is 30.1 Å². The molecule has 2 N–H and O–H groups in total. The highest BCUT2D eigenvalue weighted by atomic mass is 32.1. The topological polar surface area (TPSA) is 84.0 Å². The molecule has 0 aliphatic rings. The number of hydrogen-bond acceptors (Lipinski definition) is 5. The predicted octanol–water partition coefficient (Wildman–Crippen LogP) is 2.27. The van der Waals surface area contributed by atoms with E-state index in [0.29, 0.717) is 34.8 Å². The molecule has 0 unspecified atom stereocenters. The van der Waals surface area contributed by atoms with Crippen molar-refractivity contribution in [1.82, 2.24) is 14.9 Å². The van der Waals surface area contributed by atoms with Gasteiger partial charge in [-0.25, -0.2) is 0 Å². The lowest BCUT2D eigenvalue weighted by Crippen LogP contribution is -2.25. The molecule has 0 aliphatic heterocycles. The fourth-order valence-electron chi connectivity index (χ4n) is 1.84. The van der Waals surface area contributed by atoms with Crippen LogP contribution >= 0.6 is 11.5 Å². The van der Waals surface area contributed by atoms with Gasteiger partial charge in [0.25, 0.3) is 11.8 Å². The monoisotopic (exact) mass is 316 g/mol. The van der Waals surface area contributed by atoms with E-state index in [1.165, 1.54) is 0 Å². The molecule has 7 heteroatoms. The zero-order chi connectivity index (χ0) is 15.9. The van der Waals surface area contributed by atoms with Crippen LogP contribution in [-0.4, -0.2) is 27.9 Å². The Kier molecular flexibility index (Phi) is 5.37. The summed E-state index contributed by atoms with van der Waals surface area (Å²) in [5.74, 6) is -0.579. The van der Waals surface area contributed by atoms with Crippen LogP contribution in [0.4, 0.5) is 5.69 Å². The quantitative estimate of drug-likeness (QED) is 0.801. The Morgan fingerprint density at radius 1 is 1.32 bits per heavy atom. The molecule has 1 heterocycles. The molecule has 0 radical (unpaired) electrons. The fraction of sp³-hybridized carbons (Fsp3) is 0.200. The van der Waals surface area contributed by atoms with Gasteiger partial charge in [-0.15, -0.1) is 11.7 Å². The fourth-order valence-corrected chi connectivity index (χ4v) is 2.49. The number of rotatable bonds is 6.